The molecule has 0 unspecified atom stereocenters. The molecule has 12 heteroatoms. The fourth-order valence-electron chi connectivity index (χ4n) is 3.77. The van der Waals surface area contributed by atoms with Crippen molar-refractivity contribution in [1.29, 1.82) is 5.26 Å². The van der Waals surface area contributed by atoms with Crippen molar-refractivity contribution in [2.75, 3.05) is 26.6 Å². The molecule has 2 N–H and O–H groups in total. The molecule has 40 heavy (non-hydrogen) atoms. The van der Waals surface area contributed by atoms with Crippen molar-refractivity contribution in [2.24, 2.45) is 0 Å². The minimum Gasteiger partial charge on any atom is -0.503 e. The molecule has 0 aliphatic heterocycles. The van der Waals surface area contributed by atoms with Crippen LogP contribution in [-0.4, -0.2) is 36.9 Å². The van der Waals surface area contributed by atoms with E-state index in [4.69, 9.17) is 14.2 Å². The van der Waals surface area contributed by atoms with Gasteiger partial charge >= 0.3 is 0 Å². The molecule has 204 valence electrons. The number of nitrogens with zero attached hydrogens (tertiary/aromatic N) is 2. The molecule has 0 saturated carbocycles. The number of carbonyl (C=O) groups is 1. The molecule has 0 aliphatic rings. The lowest BCUT2D eigenvalue weighted by molar-refractivity contribution is -0.111. The molecule has 0 fully saturated rings. The Bertz CT molecular complexity index is 1840. The SMILES string of the molecule is COc1ccc(OC)c(-n2c(=O)/c(=C\c3cc(Br)c(O)c(OC)c3)s/c2=C(/C#N)C(=O)Nc2ccccc2Br)c1. The van der Waals surface area contributed by atoms with Crippen LogP contribution in [0.15, 0.2) is 68.3 Å². The van der Waals surface area contributed by atoms with Crippen molar-refractivity contribution in [2.45, 2.75) is 0 Å². The Labute approximate surface area is 249 Å². The van der Waals surface area contributed by atoms with Crippen LogP contribution in [0.1, 0.15) is 5.56 Å². The van der Waals surface area contributed by atoms with Gasteiger partial charge in [-0.05, 0) is 79.9 Å². The highest BCUT2D eigenvalue weighted by Gasteiger charge is 2.20. The lowest BCUT2D eigenvalue weighted by Crippen LogP contribution is -2.32. The Hall–Kier alpha value is -4.05. The standard InChI is InChI=1S/C28H21Br2N3O6S/c1-37-16-8-9-22(38-2)21(13-16)33-27(36)24(12-15-10-19(30)25(34)23(11-15)39-3)40-28(33)17(14-31)26(35)32-20-7-5-4-6-18(20)29/h4-13,34H,1-3H3,(H,32,35)/b24-12+,28-17-. The molecule has 0 spiro atoms. The number of aromatic hydroxyl groups is 1. The van der Waals surface area contributed by atoms with Gasteiger partial charge < -0.3 is 24.6 Å². The van der Waals surface area contributed by atoms with E-state index in [0.29, 0.717) is 31.7 Å². The second-order valence-electron chi connectivity index (χ2n) is 8.07. The molecule has 3 aromatic carbocycles. The fourth-order valence-corrected chi connectivity index (χ4v) is 5.71. The molecule has 1 heterocycles. The van der Waals surface area contributed by atoms with Gasteiger partial charge in [-0.1, -0.05) is 12.1 Å². The number of anilines is 1. The first-order valence-corrected chi connectivity index (χ1v) is 13.8. The number of halogens is 2. The Morgan fingerprint density at radius 2 is 1.75 bits per heavy atom. The summed E-state index contributed by atoms with van der Waals surface area (Å²) in [6.07, 6.45) is 1.58. The minimum absolute atomic E-state index is 0.0830. The number of rotatable bonds is 7. The second kappa shape index (κ2) is 12.4. The lowest BCUT2D eigenvalue weighted by Gasteiger charge is -2.12. The number of aromatic nitrogens is 1. The molecule has 1 aromatic heterocycles. The maximum atomic E-state index is 13.9. The number of thiazole rings is 1. The minimum atomic E-state index is -0.702. The molecule has 0 atom stereocenters. The first-order chi connectivity index (χ1) is 19.2. The van der Waals surface area contributed by atoms with Crippen molar-refractivity contribution < 1.29 is 24.1 Å². The summed E-state index contributed by atoms with van der Waals surface area (Å²) in [5.41, 5.74) is 0.483. The van der Waals surface area contributed by atoms with Gasteiger partial charge in [-0.25, -0.2) is 0 Å². The summed E-state index contributed by atoms with van der Waals surface area (Å²) >= 11 is 7.63. The monoisotopic (exact) mass is 685 g/mol. The van der Waals surface area contributed by atoms with Crippen LogP contribution in [0.4, 0.5) is 5.69 Å². The highest BCUT2D eigenvalue weighted by Crippen LogP contribution is 2.35. The predicted molar refractivity (Wildman–Crippen MR) is 160 cm³/mol. The zero-order valence-corrected chi connectivity index (χ0v) is 25.3. The van der Waals surface area contributed by atoms with Crippen molar-refractivity contribution in [3.63, 3.8) is 0 Å². The van der Waals surface area contributed by atoms with Crippen LogP contribution in [0.2, 0.25) is 0 Å². The van der Waals surface area contributed by atoms with Gasteiger partial charge in [0, 0.05) is 10.5 Å². The molecule has 1 amide bonds. The Morgan fingerprint density at radius 1 is 1.02 bits per heavy atom. The highest BCUT2D eigenvalue weighted by atomic mass is 79.9. The van der Waals surface area contributed by atoms with Crippen LogP contribution >= 0.6 is 43.2 Å². The largest absolute Gasteiger partial charge is 0.503 e. The van der Waals surface area contributed by atoms with Gasteiger partial charge in [0.05, 0.1) is 41.7 Å². The van der Waals surface area contributed by atoms with E-state index in [1.165, 1.54) is 25.9 Å². The van der Waals surface area contributed by atoms with E-state index in [1.54, 1.807) is 60.7 Å². The smallest absolute Gasteiger partial charge is 0.273 e. The number of hydrogen-bond donors (Lipinski definition) is 2. The van der Waals surface area contributed by atoms with Gasteiger partial charge in [0.15, 0.2) is 17.1 Å². The van der Waals surface area contributed by atoms with Gasteiger partial charge in [0.25, 0.3) is 11.5 Å². The third-order valence-electron chi connectivity index (χ3n) is 5.69. The van der Waals surface area contributed by atoms with Crippen LogP contribution in [0.5, 0.6) is 23.0 Å². The number of carbonyl (C=O) groups excluding carboxylic acids is 1. The number of nitriles is 1. The molecule has 0 saturated heterocycles. The van der Waals surface area contributed by atoms with Crippen LogP contribution in [0.25, 0.3) is 17.3 Å². The summed E-state index contributed by atoms with van der Waals surface area (Å²) in [5, 5.41) is 23.1. The van der Waals surface area contributed by atoms with E-state index >= 15 is 0 Å². The number of amides is 1. The summed E-state index contributed by atoms with van der Waals surface area (Å²) in [6, 6.07) is 17.0. The van der Waals surface area contributed by atoms with Gasteiger partial charge in [0.1, 0.15) is 22.2 Å². The van der Waals surface area contributed by atoms with Gasteiger partial charge in [-0.3, -0.25) is 14.2 Å². The maximum absolute atomic E-state index is 13.9. The Balaban J connectivity index is 2.06. The predicted octanol–water partition coefficient (Wildman–Crippen LogP) is 4.30. The summed E-state index contributed by atoms with van der Waals surface area (Å²) in [5.74, 6) is 0.171. The first-order valence-electron chi connectivity index (χ1n) is 11.4. The molecule has 0 aliphatic carbocycles. The molecular formula is C28H21Br2N3O6S. The van der Waals surface area contributed by atoms with E-state index in [-0.39, 0.29) is 32.0 Å². The molecule has 4 rings (SSSR count). The zero-order chi connectivity index (χ0) is 29.0. The number of hydrogen-bond acceptors (Lipinski definition) is 8. The number of para-hydroxylation sites is 1. The lowest BCUT2D eigenvalue weighted by atomic mass is 10.2. The fraction of sp³-hybridized carbons (Fsp3) is 0.107. The zero-order valence-electron chi connectivity index (χ0n) is 21.3. The topological polar surface area (TPSA) is 123 Å². The Morgan fingerprint density at radius 3 is 2.40 bits per heavy atom. The quantitative estimate of drug-likeness (QED) is 0.297. The number of nitrogens with one attached hydrogen (secondary N) is 1. The molecule has 0 bridgehead atoms. The van der Waals surface area contributed by atoms with Gasteiger partial charge in [0.2, 0.25) is 0 Å². The maximum Gasteiger partial charge on any atom is 0.273 e. The number of benzene rings is 3. The molecule has 4 aromatic rings. The summed E-state index contributed by atoms with van der Waals surface area (Å²) < 4.78 is 18.6. The van der Waals surface area contributed by atoms with E-state index in [2.05, 4.69) is 37.2 Å². The van der Waals surface area contributed by atoms with Crippen molar-refractivity contribution in [3.05, 3.63) is 88.7 Å². The summed E-state index contributed by atoms with van der Waals surface area (Å²) in [7, 11) is 4.34. The average molecular weight is 687 g/mol. The molecule has 0 radical (unpaired) electrons. The van der Waals surface area contributed by atoms with E-state index < -0.39 is 11.5 Å². The Kier molecular flexibility index (Phi) is 8.99. The number of phenolic OH excluding ortho intramolecular Hbond substituents is 1. The van der Waals surface area contributed by atoms with Crippen molar-refractivity contribution in [1.82, 2.24) is 4.57 Å². The van der Waals surface area contributed by atoms with E-state index in [9.17, 15) is 20.0 Å². The van der Waals surface area contributed by atoms with Crippen molar-refractivity contribution >= 4 is 66.4 Å². The number of phenols is 1. The number of methoxy groups -OCH3 is 3. The second-order valence-corrected chi connectivity index (χ2v) is 10.8. The van der Waals surface area contributed by atoms with Gasteiger partial charge in [-0.15, -0.1) is 11.3 Å². The van der Waals surface area contributed by atoms with E-state index in [1.807, 2.05) is 6.07 Å². The third-order valence-corrected chi connectivity index (χ3v) is 8.08. The molecule has 9 nitrogen and oxygen atoms in total. The highest BCUT2D eigenvalue weighted by molar-refractivity contribution is 9.11. The number of ether oxygens (including phenoxy) is 3. The summed E-state index contributed by atoms with van der Waals surface area (Å²) in [6.45, 7) is 0. The average Bonchev–Trinajstić information content (AvgIpc) is 3.26. The normalized spacial score (nSPS) is 11.9. The van der Waals surface area contributed by atoms with Crippen LogP contribution in [-0.2, 0) is 4.79 Å². The van der Waals surface area contributed by atoms with Gasteiger partial charge in [-0.2, -0.15) is 5.26 Å². The third kappa shape index (κ3) is 5.77. The van der Waals surface area contributed by atoms with Crippen molar-refractivity contribution in [3.8, 4) is 34.8 Å². The summed E-state index contributed by atoms with van der Waals surface area (Å²) in [4.78, 5) is 27.3. The van der Waals surface area contributed by atoms with E-state index in [0.717, 1.165) is 11.3 Å². The van der Waals surface area contributed by atoms with Crippen LogP contribution < -0.4 is 34.3 Å². The first kappa shape index (κ1) is 28.9. The molecular weight excluding hydrogens is 666 g/mol. The van der Waals surface area contributed by atoms with Crippen LogP contribution in [0, 0.1) is 11.3 Å². The van der Waals surface area contributed by atoms with Crippen LogP contribution in [0.3, 0.4) is 0 Å².